The van der Waals surface area contributed by atoms with Crippen LogP contribution in [0, 0.1) is 5.82 Å². The van der Waals surface area contributed by atoms with E-state index in [0.29, 0.717) is 16.8 Å². The lowest BCUT2D eigenvalue weighted by Crippen LogP contribution is -2.19. The number of nitrogens with zero attached hydrogens (tertiary/aromatic N) is 1. The molecule has 0 aliphatic heterocycles. The second-order valence-corrected chi connectivity index (χ2v) is 5.42. The number of carbonyl (C=O) groups excluding carboxylic acids is 1. The molecular formula is C18H16FN3O3. The van der Waals surface area contributed by atoms with Gasteiger partial charge in [-0.3, -0.25) is 9.59 Å². The smallest absolute Gasteiger partial charge is 0.270 e. The molecule has 1 amide bonds. The minimum atomic E-state index is -0.483. The number of fused-ring (bicyclic) bond motifs is 1. The van der Waals surface area contributed by atoms with Crippen molar-refractivity contribution in [3.05, 3.63) is 64.3 Å². The first-order chi connectivity index (χ1) is 12.1. The van der Waals surface area contributed by atoms with Crippen LogP contribution < -0.4 is 15.6 Å². The molecule has 2 N–H and O–H groups in total. The molecule has 0 fully saturated rings. The zero-order chi connectivity index (χ0) is 17.8. The Bertz CT molecular complexity index is 985. The molecule has 0 bridgehead atoms. The molecule has 0 saturated carbocycles. The van der Waals surface area contributed by atoms with Gasteiger partial charge in [-0.2, -0.15) is 0 Å². The summed E-state index contributed by atoms with van der Waals surface area (Å²) in [5.41, 5.74) is 1.50. The average Bonchev–Trinajstić information content (AvgIpc) is 2.60. The second kappa shape index (κ2) is 7.12. The van der Waals surface area contributed by atoms with Gasteiger partial charge in [0.2, 0.25) is 5.91 Å². The van der Waals surface area contributed by atoms with Gasteiger partial charge < -0.3 is 15.0 Å². The molecule has 0 aliphatic rings. The molecule has 6 nitrogen and oxygen atoms in total. The molecule has 2 aromatic carbocycles. The standard InChI is InChI=1S/C18H16FN3O3/c1-25-16-8-6-11(19)10-15(16)21-17(23)9-7-14-18(24)22-13-5-3-2-4-12(13)20-14/h2-6,8,10H,7,9H2,1H3,(H,21,23)(H,22,24). The number of anilines is 1. The first kappa shape index (κ1) is 16.6. The number of aromatic amines is 1. The van der Waals surface area contributed by atoms with E-state index < -0.39 is 5.82 Å². The van der Waals surface area contributed by atoms with Crippen molar-refractivity contribution in [1.29, 1.82) is 0 Å². The number of aromatic nitrogens is 2. The molecule has 7 heteroatoms. The molecule has 0 spiro atoms. The molecule has 0 aliphatic carbocycles. The van der Waals surface area contributed by atoms with Crippen molar-refractivity contribution >= 4 is 22.6 Å². The number of amides is 1. The zero-order valence-electron chi connectivity index (χ0n) is 13.5. The molecule has 3 rings (SSSR count). The van der Waals surface area contributed by atoms with Crippen molar-refractivity contribution in [3.63, 3.8) is 0 Å². The van der Waals surface area contributed by atoms with Crippen LogP contribution in [0.15, 0.2) is 47.3 Å². The van der Waals surface area contributed by atoms with Gasteiger partial charge in [0.1, 0.15) is 17.3 Å². The van der Waals surface area contributed by atoms with E-state index in [2.05, 4.69) is 15.3 Å². The maximum atomic E-state index is 13.3. The summed E-state index contributed by atoms with van der Waals surface area (Å²) in [5, 5.41) is 2.59. The number of carbonyl (C=O) groups is 1. The number of para-hydroxylation sites is 2. The van der Waals surface area contributed by atoms with Crippen molar-refractivity contribution < 1.29 is 13.9 Å². The van der Waals surface area contributed by atoms with Crippen molar-refractivity contribution in [1.82, 2.24) is 9.97 Å². The van der Waals surface area contributed by atoms with Crippen LogP contribution in [-0.2, 0) is 11.2 Å². The number of rotatable bonds is 5. The van der Waals surface area contributed by atoms with Crippen LogP contribution in [0.5, 0.6) is 5.75 Å². The van der Waals surface area contributed by atoms with Crippen LogP contribution in [0.3, 0.4) is 0 Å². The highest BCUT2D eigenvalue weighted by molar-refractivity contribution is 5.92. The highest BCUT2D eigenvalue weighted by atomic mass is 19.1. The number of hydrogen-bond donors (Lipinski definition) is 2. The van der Waals surface area contributed by atoms with E-state index in [9.17, 15) is 14.0 Å². The molecule has 0 atom stereocenters. The third-order valence-electron chi connectivity index (χ3n) is 3.69. The fraction of sp³-hybridized carbons (Fsp3) is 0.167. The van der Waals surface area contributed by atoms with E-state index in [1.54, 1.807) is 18.2 Å². The van der Waals surface area contributed by atoms with Gasteiger partial charge in [-0.1, -0.05) is 12.1 Å². The van der Waals surface area contributed by atoms with E-state index in [4.69, 9.17) is 4.74 Å². The Morgan fingerprint density at radius 3 is 2.88 bits per heavy atom. The van der Waals surface area contributed by atoms with Gasteiger partial charge in [-0.15, -0.1) is 0 Å². The van der Waals surface area contributed by atoms with Gasteiger partial charge >= 0.3 is 0 Å². The van der Waals surface area contributed by atoms with Crippen LogP contribution in [0.4, 0.5) is 10.1 Å². The number of benzene rings is 2. The maximum absolute atomic E-state index is 13.3. The van der Waals surface area contributed by atoms with Gasteiger partial charge in [-0.25, -0.2) is 9.37 Å². The molecule has 1 heterocycles. The normalized spacial score (nSPS) is 10.6. The van der Waals surface area contributed by atoms with Crippen molar-refractivity contribution in [2.75, 3.05) is 12.4 Å². The number of methoxy groups -OCH3 is 1. The number of H-pyrrole nitrogens is 1. The molecule has 0 unspecified atom stereocenters. The van der Waals surface area contributed by atoms with Gasteiger partial charge in [0.05, 0.1) is 23.8 Å². The van der Waals surface area contributed by atoms with Crippen LogP contribution in [0.1, 0.15) is 12.1 Å². The fourth-order valence-corrected chi connectivity index (χ4v) is 2.46. The monoisotopic (exact) mass is 341 g/mol. The van der Waals surface area contributed by atoms with Crippen molar-refractivity contribution in [2.45, 2.75) is 12.8 Å². The van der Waals surface area contributed by atoms with E-state index in [0.717, 1.165) is 0 Å². The van der Waals surface area contributed by atoms with E-state index in [1.165, 1.54) is 25.3 Å². The molecule has 0 saturated heterocycles. The number of halogens is 1. The summed E-state index contributed by atoms with van der Waals surface area (Å²) >= 11 is 0. The van der Waals surface area contributed by atoms with Gasteiger partial charge in [0, 0.05) is 18.9 Å². The summed E-state index contributed by atoms with van der Waals surface area (Å²) in [4.78, 5) is 31.2. The third kappa shape index (κ3) is 3.82. The lowest BCUT2D eigenvalue weighted by atomic mass is 10.2. The first-order valence-electron chi connectivity index (χ1n) is 7.68. The lowest BCUT2D eigenvalue weighted by molar-refractivity contribution is -0.116. The highest BCUT2D eigenvalue weighted by Gasteiger charge is 2.11. The Hall–Kier alpha value is -3.22. The number of ether oxygens (including phenoxy) is 1. The summed E-state index contributed by atoms with van der Waals surface area (Å²) in [6.07, 6.45) is 0.206. The summed E-state index contributed by atoms with van der Waals surface area (Å²) in [7, 11) is 1.43. The topological polar surface area (TPSA) is 84.1 Å². The van der Waals surface area contributed by atoms with Crippen LogP contribution >= 0.6 is 0 Å². The molecule has 1 aromatic heterocycles. The Morgan fingerprint density at radius 2 is 2.08 bits per heavy atom. The van der Waals surface area contributed by atoms with Gasteiger partial charge in [-0.05, 0) is 24.3 Å². The van der Waals surface area contributed by atoms with Crippen LogP contribution in [0.25, 0.3) is 11.0 Å². The summed E-state index contributed by atoms with van der Waals surface area (Å²) in [5.74, 6) is -0.488. The molecule has 128 valence electrons. The quantitative estimate of drug-likeness (QED) is 0.747. The summed E-state index contributed by atoms with van der Waals surface area (Å²) < 4.78 is 18.4. The van der Waals surface area contributed by atoms with Crippen LogP contribution in [-0.4, -0.2) is 23.0 Å². The predicted molar refractivity (Wildman–Crippen MR) is 92.3 cm³/mol. The van der Waals surface area contributed by atoms with E-state index in [1.807, 2.05) is 6.07 Å². The van der Waals surface area contributed by atoms with Gasteiger partial charge in [0.25, 0.3) is 5.56 Å². The Morgan fingerprint density at radius 1 is 1.28 bits per heavy atom. The van der Waals surface area contributed by atoms with Crippen molar-refractivity contribution in [3.8, 4) is 5.75 Å². The minimum absolute atomic E-state index is 0.0358. The maximum Gasteiger partial charge on any atom is 0.270 e. The molecular weight excluding hydrogens is 325 g/mol. The fourth-order valence-electron chi connectivity index (χ4n) is 2.46. The molecule has 3 aromatic rings. The largest absolute Gasteiger partial charge is 0.495 e. The lowest BCUT2D eigenvalue weighted by Gasteiger charge is -2.10. The highest BCUT2D eigenvalue weighted by Crippen LogP contribution is 2.25. The molecule has 25 heavy (non-hydrogen) atoms. The first-order valence-corrected chi connectivity index (χ1v) is 7.68. The Balaban J connectivity index is 1.72. The van der Waals surface area contributed by atoms with Crippen molar-refractivity contribution in [2.24, 2.45) is 0 Å². The van der Waals surface area contributed by atoms with E-state index in [-0.39, 0.29) is 35.7 Å². The average molecular weight is 341 g/mol. The molecule has 0 radical (unpaired) electrons. The van der Waals surface area contributed by atoms with E-state index >= 15 is 0 Å². The van der Waals surface area contributed by atoms with Gasteiger partial charge in [0.15, 0.2) is 0 Å². The second-order valence-electron chi connectivity index (χ2n) is 5.42. The Kier molecular flexibility index (Phi) is 4.74. The summed E-state index contributed by atoms with van der Waals surface area (Å²) in [6, 6.07) is 11.0. The Labute approximate surface area is 142 Å². The predicted octanol–water partition coefficient (Wildman–Crippen LogP) is 2.64. The third-order valence-corrected chi connectivity index (χ3v) is 3.69. The number of hydrogen-bond acceptors (Lipinski definition) is 4. The number of nitrogens with one attached hydrogen (secondary N) is 2. The summed E-state index contributed by atoms with van der Waals surface area (Å²) in [6.45, 7) is 0. The zero-order valence-corrected chi connectivity index (χ0v) is 13.5. The van der Waals surface area contributed by atoms with Crippen LogP contribution in [0.2, 0.25) is 0 Å². The minimum Gasteiger partial charge on any atom is -0.495 e. The number of aryl methyl sites for hydroxylation is 1. The SMILES string of the molecule is COc1ccc(F)cc1NC(=O)CCc1nc2ccccc2[nH]c1=O.